The topological polar surface area (TPSA) is 41.5 Å². The Labute approximate surface area is 230 Å². The summed E-state index contributed by atoms with van der Waals surface area (Å²) >= 11 is -1.44. The minimum atomic E-state index is -1.44. The standard InChI is InChI=1S/C33H48O3S/c1-23(2)25(5)15-21-31(11)37(34)32(12)22-20-30(10)36-29(9)19-17-27(7)33(13,14)26(6)16-18-28(8)35-24(3)4/h15-24H,5,10-12H2,1-4,6-9,13-14H3/b21-15-,22-20-,26-16+,27-17+,28-18+,29-19+. The third kappa shape index (κ3) is 13.4. The molecule has 0 bridgehead atoms. The molecule has 0 heterocycles. The van der Waals surface area contributed by atoms with Gasteiger partial charge in [-0.2, -0.15) is 0 Å². The molecule has 37 heavy (non-hydrogen) atoms. The fourth-order valence-corrected chi connectivity index (χ4v) is 3.49. The molecule has 0 aromatic heterocycles. The first-order valence-corrected chi connectivity index (χ1v) is 13.7. The van der Waals surface area contributed by atoms with E-state index < -0.39 is 11.2 Å². The smallest absolute Gasteiger partial charge is 0.151 e. The average Bonchev–Trinajstić information content (AvgIpc) is 2.81. The Morgan fingerprint density at radius 2 is 1.19 bits per heavy atom. The minimum absolute atomic E-state index is 0.136. The highest BCUT2D eigenvalue weighted by Gasteiger charge is 2.21. The van der Waals surface area contributed by atoms with Gasteiger partial charge >= 0.3 is 0 Å². The summed E-state index contributed by atoms with van der Waals surface area (Å²) in [6.07, 6.45) is 15.1. The van der Waals surface area contributed by atoms with Crippen LogP contribution in [0, 0.1) is 11.3 Å². The van der Waals surface area contributed by atoms with Gasteiger partial charge in [0.25, 0.3) is 0 Å². The molecule has 204 valence electrons. The first-order valence-electron chi connectivity index (χ1n) is 12.6. The first kappa shape index (κ1) is 34.3. The summed E-state index contributed by atoms with van der Waals surface area (Å²) in [4.78, 5) is 0.878. The summed E-state index contributed by atoms with van der Waals surface area (Å²) in [5, 5.41) is 0. The van der Waals surface area contributed by atoms with Crippen LogP contribution in [0.15, 0.2) is 119 Å². The van der Waals surface area contributed by atoms with Gasteiger partial charge in [-0.1, -0.05) is 75.8 Å². The molecule has 4 heteroatoms. The Balaban J connectivity index is 5.19. The summed E-state index contributed by atoms with van der Waals surface area (Å²) in [6.45, 7) is 36.3. The van der Waals surface area contributed by atoms with E-state index in [0.717, 1.165) is 11.3 Å². The summed E-state index contributed by atoms with van der Waals surface area (Å²) in [7, 11) is 0. The van der Waals surface area contributed by atoms with E-state index in [4.69, 9.17) is 9.47 Å². The molecule has 0 N–H and O–H groups in total. The number of hydrogen-bond acceptors (Lipinski definition) is 3. The van der Waals surface area contributed by atoms with E-state index in [1.807, 2.05) is 45.9 Å². The second-order valence-corrected chi connectivity index (χ2v) is 11.8. The zero-order valence-electron chi connectivity index (χ0n) is 24.7. The van der Waals surface area contributed by atoms with Crippen molar-refractivity contribution in [2.24, 2.45) is 11.3 Å². The molecule has 0 radical (unpaired) electrons. The monoisotopic (exact) mass is 524 g/mol. The maximum atomic E-state index is 12.6. The van der Waals surface area contributed by atoms with Crippen LogP contribution in [0.2, 0.25) is 0 Å². The van der Waals surface area contributed by atoms with Crippen LogP contribution in [-0.4, -0.2) is 10.7 Å². The van der Waals surface area contributed by atoms with Crippen molar-refractivity contribution in [2.75, 3.05) is 0 Å². The summed E-state index contributed by atoms with van der Waals surface area (Å²) in [5.74, 6) is 2.33. The second-order valence-electron chi connectivity index (χ2n) is 10.2. The maximum Gasteiger partial charge on any atom is 0.151 e. The quantitative estimate of drug-likeness (QED) is 0.122. The van der Waals surface area contributed by atoms with Gasteiger partial charge in [-0.25, -0.2) is 0 Å². The molecule has 3 nitrogen and oxygen atoms in total. The van der Waals surface area contributed by atoms with Gasteiger partial charge in [0.1, 0.15) is 11.5 Å². The molecule has 0 fully saturated rings. The number of allylic oxidation sites excluding steroid dienone is 13. The SMILES string of the molecule is C=C(/C=C\C(=C)[S+]([O-])C(=C)/C=C\C(=C)C(C)C)O/C(C)=C/C=C(\C)C(C)(C)/C(C)=C/C=C(\C)OC(C)C. The fourth-order valence-electron chi connectivity index (χ4n) is 2.77. The lowest BCUT2D eigenvalue weighted by Gasteiger charge is -2.27. The van der Waals surface area contributed by atoms with Crippen molar-refractivity contribution in [2.45, 2.75) is 75.3 Å². The third-order valence-electron chi connectivity index (χ3n) is 5.98. The summed E-state index contributed by atoms with van der Waals surface area (Å²) < 4.78 is 24.1. The molecule has 0 saturated heterocycles. The maximum absolute atomic E-state index is 12.6. The lowest BCUT2D eigenvalue weighted by atomic mass is 9.78. The van der Waals surface area contributed by atoms with Crippen LogP contribution in [0.3, 0.4) is 0 Å². The van der Waals surface area contributed by atoms with Crippen LogP contribution in [0.25, 0.3) is 0 Å². The van der Waals surface area contributed by atoms with E-state index in [1.165, 1.54) is 11.1 Å². The van der Waals surface area contributed by atoms with Crippen LogP contribution in [0.1, 0.15) is 69.2 Å². The molecule has 0 amide bonds. The lowest BCUT2D eigenvalue weighted by molar-refractivity contribution is 0.149. The number of rotatable bonds is 15. The Bertz CT molecular complexity index is 1020. The van der Waals surface area contributed by atoms with Gasteiger partial charge in [-0.05, 0) is 91.0 Å². The van der Waals surface area contributed by atoms with Gasteiger partial charge in [0.15, 0.2) is 9.81 Å². The predicted octanol–water partition coefficient (Wildman–Crippen LogP) is 9.77. The molecule has 0 rings (SSSR count). The van der Waals surface area contributed by atoms with Crippen molar-refractivity contribution in [3.8, 4) is 0 Å². The highest BCUT2D eigenvalue weighted by molar-refractivity contribution is 7.99. The zero-order chi connectivity index (χ0) is 28.9. The van der Waals surface area contributed by atoms with Crippen LogP contribution in [0.5, 0.6) is 0 Å². The van der Waals surface area contributed by atoms with Crippen molar-refractivity contribution >= 4 is 11.2 Å². The highest BCUT2D eigenvalue weighted by Crippen LogP contribution is 2.34. The lowest BCUT2D eigenvalue weighted by Crippen LogP contribution is -2.14. The van der Waals surface area contributed by atoms with Crippen molar-refractivity contribution in [1.82, 2.24) is 0 Å². The van der Waals surface area contributed by atoms with Gasteiger partial charge in [-0.3, -0.25) is 0 Å². The second kappa shape index (κ2) is 16.2. The van der Waals surface area contributed by atoms with E-state index >= 15 is 0 Å². The molecular weight excluding hydrogens is 476 g/mol. The minimum Gasteiger partial charge on any atom is -0.607 e. The summed E-state index contributed by atoms with van der Waals surface area (Å²) in [6, 6.07) is 0. The molecule has 0 aliphatic rings. The van der Waals surface area contributed by atoms with Crippen LogP contribution < -0.4 is 0 Å². The fraction of sp³-hybridized carbons (Fsp3) is 0.394. The van der Waals surface area contributed by atoms with Gasteiger partial charge < -0.3 is 14.0 Å². The third-order valence-corrected chi connectivity index (χ3v) is 7.20. The van der Waals surface area contributed by atoms with Crippen molar-refractivity contribution in [3.05, 3.63) is 119 Å². The number of hydrogen-bond donors (Lipinski definition) is 0. The molecule has 0 aliphatic heterocycles. The molecular formula is C33H48O3S. The average molecular weight is 525 g/mol. The van der Waals surface area contributed by atoms with E-state index in [1.54, 1.807) is 18.2 Å². The van der Waals surface area contributed by atoms with Gasteiger partial charge in [0.05, 0.1) is 11.9 Å². The van der Waals surface area contributed by atoms with Crippen molar-refractivity contribution in [1.29, 1.82) is 0 Å². The molecule has 1 atom stereocenters. The number of ether oxygens (including phenoxy) is 2. The van der Waals surface area contributed by atoms with Gasteiger partial charge in [0, 0.05) is 16.6 Å². The van der Waals surface area contributed by atoms with E-state index in [-0.39, 0.29) is 11.5 Å². The van der Waals surface area contributed by atoms with Gasteiger partial charge in [-0.15, -0.1) is 0 Å². The molecule has 0 aliphatic carbocycles. The largest absolute Gasteiger partial charge is 0.607 e. The van der Waals surface area contributed by atoms with Crippen molar-refractivity contribution in [3.63, 3.8) is 0 Å². The molecule has 0 aromatic rings. The van der Waals surface area contributed by atoms with Gasteiger partial charge in [0.2, 0.25) is 0 Å². The van der Waals surface area contributed by atoms with E-state index in [0.29, 0.717) is 27.2 Å². The Morgan fingerprint density at radius 1 is 0.730 bits per heavy atom. The molecule has 0 spiro atoms. The Kier molecular flexibility index (Phi) is 15.0. The van der Waals surface area contributed by atoms with Crippen LogP contribution in [-0.2, 0) is 20.6 Å². The van der Waals surface area contributed by atoms with Crippen molar-refractivity contribution < 1.29 is 14.0 Å². The van der Waals surface area contributed by atoms with Crippen LogP contribution in [0.4, 0.5) is 0 Å². The zero-order valence-corrected chi connectivity index (χ0v) is 25.6. The Morgan fingerprint density at radius 3 is 1.65 bits per heavy atom. The predicted molar refractivity (Wildman–Crippen MR) is 164 cm³/mol. The Hall–Kier alpha value is -2.69. The molecule has 1 unspecified atom stereocenters. The highest BCUT2D eigenvalue weighted by atomic mass is 32.2. The molecule has 0 saturated carbocycles. The first-order chi connectivity index (χ1) is 17.0. The van der Waals surface area contributed by atoms with E-state index in [2.05, 4.69) is 80.0 Å². The normalized spacial score (nSPS) is 15.1. The summed E-state index contributed by atoms with van der Waals surface area (Å²) in [5.41, 5.74) is 3.23. The van der Waals surface area contributed by atoms with Crippen LogP contribution >= 0.6 is 0 Å². The van der Waals surface area contributed by atoms with E-state index in [9.17, 15) is 4.55 Å². The molecule has 0 aromatic carbocycles.